The molecule has 1 heterocycles. The van der Waals surface area contributed by atoms with Crippen LogP contribution in [0.1, 0.15) is 30.9 Å². The molecule has 2 rings (SSSR count). The Labute approximate surface area is 115 Å². The van der Waals surface area contributed by atoms with Gasteiger partial charge in [-0.2, -0.15) is 0 Å². The van der Waals surface area contributed by atoms with Crippen LogP contribution in [0.15, 0.2) is 12.1 Å². The van der Waals surface area contributed by atoms with E-state index in [0.29, 0.717) is 6.04 Å². The predicted octanol–water partition coefficient (Wildman–Crippen LogP) is 3.54. The fraction of sp³-hybridized carbons (Fsp3) is 0.600. The van der Waals surface area contributed by atoms with Crippen LogP contribution in [-0.2, 0) is 0 Å². The van der Waals surface area contributed by atoms with Crippen LogP contribution in [0.3, 0.4) is 0 Å². The van der Waals surface area contributed by atoms with Gasteiger partial charge in [0, 0.05) is 19.1 Å². The fourth-order valence-corrected chi connectivity index (χ4v) is 3.35. The molecule has 100 valence electrons. The minimum atomic E-state index is 0.677. The SMILES string of the molecule is CCNC1CCN(c2c(C)cc(C)cc2Cl)CC1. The van der Waals surface area contributed by atoms with E-state index in [1.54, 1.807) is 0 Å². The number of piperidine rings is 1. The highest BCUT2D eigenvalue weighted by Crippen LogP contribution is 2.32. The van der Waals surface area contributed by atoms with Gasteiger partial charge in [0.2, 0.25) is 0 Å². The van der Waals surface area contributed by atoms with Crippen LogP contribution in [0.5, 0.6) is 0 Å². The molecule has 18 heavy (non-hydrogen) atoms. The van der Waals surface area contributed by atoms with Gasteiger partial charge < -0.3 is 10.2 Å². The first-order chi connectivity index (χ1) is 8.61. The van der Waals surface area contributed by atoms with E-state index < -0.39 is 0 Å². The maximum absolute atomic E-state index is 6.41. The number of anilines is 1. The summed E-state index contributed by atoms with van der Waals surface area (Å²) in [5, 5.41) is 4.43. The van der Waals surface area contributed by atoms with Gasteiger partial charge in [0.15, 0.2) is 0 Å². The average Bonchev–Trinajstić information content (AvgIpc) is 2.30. The fourth-order valence-electron chi connectivity index (χ4n) is 2.90. The molecule has 0 atom stereocenters. The van der Waals surface area contributed by atoms with Crippen molar-refractivity contribution in [3.63, 3.8) is 0 Å². The van der Waals surface area contributed by atoms with Gasteiger partial charge in [0.05, 0.1) is 10.7 Å². The van der Waals surface area contributed by atoms with Crippen LogP contribution in [0.25, 0.3) is 0 Å². The molecule has 0 aliphatic carbocycles. The summed E-state index contributed by atoms with van der Waals surface area (Å²) in [5.41, 5.74) is 3.77. The van der Waals surface area contributed by atoms with Crippen LogP contribution in [0, 0.1) is 13.8 Å². The zero-order valence-corrected chi connectivity index (χ0v) is 12.3. The third kappa shape index (κ3) is 2.99. The van der Waals surface area contributed by atoms with Crippen molar-refractivity contribution >= 4 is 17.3 Å². The summed E-state index contributed by atoms with van der Waals surface area (Å²) in [7, 11) is 0. The van der Waals surface area contributed by atoms with Gasteiger partial charge in [-0.3, -0.25) is 0 Å². The molecule has 1 fully saturated rings. The summed E-state index contributed by atoms with van der Waals surface area (Å²) in [4.78, 5) is 2.44. The Kier molecular flexibility index (Phi) is 4.52. The second-order valence-electron chi connectivity index (χ2n) is 5.23. The van der Waals surface area contributed by atoms with Gasteiger partial charge in [-0.05, 0) is 50.4 Å². The first kappa shape index (κ1) is 13.7. The van der Waals surface area contributed by atoms with Gasteiger partial charge in [-0.25, -0.2) is 0 Å². The van der Waals surface area contributed by atoms with Gasteiger partial charge in [0.1, 0.15) is 0 Å². The van der Waals surface area contributed by atoms with Crippen LogP contribution in [0.2, 0.25) is 5.02 Å². The Hall–Kier alpha value is -0.730. The maximum Gasteiger partial charge on any atom is 0.0644 e. The molecule has 1 saturated heterocycles. The Morgan fingerprint density at radius 1 is 1.28 bits per heavy atom. The smallest absolute Gasteiger partial charge is 0.0644 e. The second kappa shape index (κ2) is 5.94. The maximum atomic E-state index is 6.41. The third-order valence-electron chi connectivity index (χ3n) is 3.70. The molecule has 1 aromatic carbocycles. The van der Waals surface area contributed by atoms with Crippen LogP contribution in [-0.4, -0.2) is 25.7 Å². The van der Waals surface area contributed by atoms with Crippen molar-refractivity contribution in [3.8, 4) is 0 Å². The van der Waals surface area contributed by atoms with Gasteiger partial charge in [0.25, 0.3) is 0 Å². The van der Waals surface area contributed by atoms with E-state index in [1.807, 2.05) is 0 Å². The molecule has 0 amide bonds. The normalized spacial score (nSPS) is 17.2. The summed E-state index contributed by atoms with van der Waals surface area (Å²) in [6.07, 6.45) is 2.41. The lowest BCUT2D eigenvalue weighted by molar-refractivity contribution is 0.423. The Morgan fingerprint density at radius 3 is 2.50 bits per heavy atom. The summed E-state index contributed by atoms with van der Waals surface area (Å²) in [6, 6.07) is 4.97. The topological polar surface area (TPSA) is 15.3 Å². The van der Waals surface area contributed by atoms with E-state index in [4.69, 9.17) is 11.6 Å². The number of hydrogen-bond donors (Lipinski definition) is 1. The van der Waals surface area contributed by atoms with E-state index in [9.17, 15) is 0 Å². The number of rotatable bonds is 3. The van der Waals surface area contributed by atoms with Crippen LogP contribution >= 0.6 is 11.6 Å². The van der Waals surface area contributed by atoms with Crippen molar-refractivity contribution in [2.45, 2.75) is 39.7 Å². The van der Waals surface area contributed by atoms with Crippen LogP contribution in [0.4, 0.5) is 5.69 Å². The van der Waals surface area contributed by atoms with E-state index in [-0.39, 0.29) is 0 Å². The molecule has 0 bridgehead atoms. The molecular weight excluding hydrogens is 244 g/mol. The Balaban J connectivity index is 2.10. The number of benzene rings is 1. The zero-order valence-electron chi connectivity index (χ0n) is 11.6. The van der Waals surface area contributed by atoms with E-state index in [0.717, 1.165) is 24.7 Å². The van der Waals surface area contributed by atoms with E-state index >= 15 is 0 Å². The first-order valence-electron chi connectivity index (χ1n) is 6.87. The van der Waals surface area contributed by atoms with Gasteiger partial charge >= 0.3 is 0 Å². The molecule has 0 spiro atoms. The lowest BCUT2D eigenvalue weighted by Crippen LogP contribution is -2.42. The number of halogens is 1. The number of aryl methyl sites for hydroxylation is 2. The highest BCUT2D eigenvalue weighted by molar-refractivity contribution is 6.33. The van der Waals surface area contributed by atoms with Crippen molar-refractivity contribution in [3.05, 3.63) is 28.3 Å². The summed E-state index contributed by atoms with van der Waals surface area (Å²) >= 11 is 6.41. The van der Waals surface area contributed by atoms with E-state index in [1.165, 1.54) is 29.7 Å². The quantitative estimate of drug-likeness (QED) is 0.900. The van der Waals surface area contributed by atoms with Crippen molar-refractivity contribution < 1.29 is 0 Å². The minimum absolute atomic E-state index is 0.677. The number of hydrogen-bond acceptors (Lipinski definition) is 2. The molecule has 0 radical (unpaired) electrons. The highest BCUT2D eigenvalue weighted by Gasteiger charge is 2.21. The Morgan fingerprint density at radius 2 is 1.94 bits per heavy atom. The standard InChI is InChI=1S/C15H23ClN2/c1-4-17-13-5-7-18(8-6-13)15-12(3)9-11(2)10-14(15)16/h9-10,13,17H,4-8H2,1-3H3. The van der Waals surface area contributed by atoms with Crippen molar-refractivity contribution in [1.29, 1.82) is 0 Å². The third-order valence-corrected chi connectivity index (χ3v) is 3.99. The molecule has 1 aliphatic rings. The van der Waals surface area contributed by atoms with Crippen molar-refractivity contribution in [2.24, 2.45) is 0 Å². The predicted molar refractivity (Wildman–Crippen MR) is 79.8 cm³/mol. The highest BCUT2D eigenvalue weighted by atomic mass is 35.5. The molecule has 2 nitrogen and oxygen atoms in total. The molecular formula is C15H23ClN2. The molecule has 0 aromatic heterocycles. The lowest BCUT2D eigenvalue weighted by Gasteiger charge is -2.35. The summed E-state index contributed by atoms with van der Waals surface area (Å²) in [5.74, 6) is 0. The van der Waals surface area contributed by atoms with Gasteiger partial charge in [-0.1, -0.05) is 24.6 Å². The molecule has 1 N–H and O–H groups in total. The van der Waals surface area contributed by atoms with Crippen LogP contribution < -0.4 is 10.2 Å². The molecule has 3 heteroatoms. The summed E-state index contributed by atoms with van der Waals surface area (Å²) in [6.45, 7) is 9.69. The van der Waals surface area contributed by atoms with Crippen molar-refractivity contribution in [2.75, 3.05) is 24.5 Å². The average molecular weight is 267 g/mol. The van der Waals surface area contributed by atoms with E-state index in [2.05, 4.69) is 43.1 Å². The first-order valence-corrected chi connectivity index (χ1v) is 7.24. The Bertz CT molecular complexity index is 386. The largest absolute Gasteiger partial charge is 0.370 e. The van der Waals surface area contributed by atoms with Crippen molar-refractivity contribution in [1.82, 2.24) is 5.32 Å². The minimum Gasteiger partial charge on any atom is -0.370 e. The number of nitrogens with one attached hydrogen (secondary N) is 1. The monoisotopic (exact) mass is 266 g/mol. The molecule has 0 unspecified atom stereocenters. The van der Waals surface area contributed by atoms with Gasteiger partial charge in [-0.15, -0.1) is 0 Å². The lowest BCUT2D eigenvalue weighted by atomic mass is 10.0. The zero-order chi connectivity index (χ0) is 13.1. The summed E-state index contributed by atoms with van der Waals surface area (Å²) < 4.78 is 0. The second-order valence-corrected chi connectivity index (χ2v) is 5.64. The molecule has 0 saturated carbocycles. The number of nitrogens with zero attached hydrogens (tertiary/aromatic N) is 1. The molecule has 1 aromatic rings. The molecule has 1 aliphatic heterocycles.